The molecular formula is C16H17NO2S. The Hall–Kier alpha value is -1.94. The van der Waals surface area contributed by atoms with Crippen molar-refractivity contribution in [1.29, 1.82) is 0 Å². The Bertz CT molecular complexity index is 631. The van der Waals surface area contributed by atoms with Gasteiger partial charge in [-0.2, -0.15) is 0 Å². The van der Waals surface area contributed by atoms with Gasteiger partial charge in [-0.05, 0) is 44.5 Å². The summed E-state index contributed by atoms with van der Waals surface area (Å²) in [7, 11) is 0. The Morgan fingerprint density at radius 2 is 2.00 bits per heavy atom. The summed E-state index contributed by atoms with van der Waals surface area (Å²) < 4.78 is 0. The first kappa shape index (κ1) is 14.5. The molecule has 0 saturated carbocycles. The van der Waals surface area contributed by atoms with Gasteiger partial charge >= 0.3 is 0 Å². The summed E-state index contributed by atoms with van der Waals surface area (Å²) in [5.41, 5.74) is 1.28. The fourth-order valence-electron chi connectivity index (χ4n) is 1.90. The van der Waals surface area contributed by atoms with Crippen LogP contribution in [0.15, 0.2) is 36.4 Å². The molecule has 20 heavy (non-hydrogen) atoms. The van der Waals surface area contributed by atoms with E-state index in [9.17, 15) is 9.59 Å². The van der Waals surface area contributed by atoms with Crippen LogP contribution in [0.3, 0.4) is 0 Å². The van der Waals surface area contributed by atoms with Gasteiger partial charge in [0.2, 0.25) is 5.91 Å². The lowest BCUT2D eigenvalue weighted by Gasteiger charge is -2.05. The summed E-state index contributed by atoms with van der Waals surface area (Å²) in [6.45, 7) is 3.57. The van der Waals surface area contributed by atoms with Gasteiger partial charge in [0, 0.05) is 27.4 Å². The van der Waals surface area contributed by atoms with Crippen LogP contribution in [-0.4, -0.2) is 11.7 Å². The second-order valence-corrected chi connectivity index (χ2v) is 6.07. The number of anilines is 1. The van der Waals surface area contributed by atoms with Gasteiger partial charge < -0.3 is 5.32 Å². The molecule has 0 saturated heterocycles. The lowest BCUT2D eigenvalue weighted by Crippen LogP contribution is -2.12. The van der Waals surface area contributed by atoms with Crippen LogP contribution in [0.25, 0.3) is 0 Å². The molecule has 0 aliphatic carbocycles. The number of thiophene rings is 1. The van der Waals surface area contributed by atoms with E-state index in [1.807, 2.05) is 0 Å². The smallest absolute Gasteiger partial charge is 0.224 e. The molecule has 0 atom stereocenters. The summed E-state index contributed by atoms with van der Waals surface area (Å²) in [5, 5.41) is 2.83. The molecule has 3 nitrogen and oxygen atoms in total. The zero-order chi connectivity index (χ0) is 14.5. The monoisotopic (exact) mass is 287 g/mol. The van der Waals surface area contributed by atoms with Crippen LogP contribution in [0, 0.1) is 6.92 Å². The number of hydrogen-bond acceptors (Lipinski definition) is 3. The van der Waals surface area contributed by atoms with Gasteiger partial charge in [-0.15, -0.1) is 11.3 Å². The van der Waals surface area contributed by atoms with Crippen molar-refractivity contribution in [2.75, 3.05) is 5.32 Å². The third kappa shape index (κ3) is 4.03. The number of hydrogen-bond donors (Lipinski definition) is 1. The van der Waals surface area contributed by atoms with Crippen molar-refractivity contribution in [1.82, 2.24) is 0 Å². The Morgan fingerprint density at radius 3 is 2.65 bits per heavy atom. The highest BCUT2D eigenvalue weighted by atomic mass is 32.1. The van der Waals surface area contributed by atoms with Crippen molar-refractivity contribution in [3.63, 3.8) is 0 Å². The number of nitrogens with one attached hydrogen (secondary N) is 1. The summed E-state index contributed by atoms with van der Waals surface area (Å²) in [6, 6.07) is 11.1. The van der Waals surface area contributed by atoms with E-state index in [0.29, 0.717) is 17.7 Å². The van der Waals surface area contributed by atoms with Gasteiger partial charge in [-0.3, -0.25) is 9.59 Å². The number of carbonyl (C=O) groups excluding carboxylic acids is 2. The molecule has 1 aromatic carbocycles. The largest absolute Gasteiger partial charge is 0.326 e. The number of rotatable bonds is 5. The van der Waals surface area contributed by atoms with Crippen molar-refractivity contribution in [3.05, 3.63) is 51.7 Å². The third-order valence-corrected chi connectivity index (χ3v) is 4.01. The molecular weight excluding hydrogens is 270 g/mol. The Kier molecular flexibility index (Phi) is 4.69. The topological polar surface area (TPSA) is 46.2 Å². The molecule has 2 rings (SSSR count). The van der Waals surface area contributed by atoms with E-state index in [2.05, 4.69) is 24.4 Å². The summed E-state index contributed by atoms with van der Waals surface area (Å²) >= 11 is 1.72. The summed E-state index contributed by atoms with van der Waals surface area (Å²) in [6.07, 6.45) is 1.20. The molecule has 2 aromatic rings. The average molecular weight is 287 g/mol. The maximum atomic E-state index is 11.9. The molecule has 0 bridgehead atoms. The molecule has 104 valence electrons. The van der Waals surface area contributed by atoms with E-state index in [4.69, 9.17) is 0 Å². The maximum Gasteiger partial charge on any atom is 0.224 e. The Morgan fingerprint density at radius 1 is 1.20 bits per heavy atom. The maximum absolute atomic E-state index is 11.9. The summed E-state index contributed by atoms with van der Waals surface area (Å²) in [5.74, 6) is -0.0353. The standard InChI is InChI=1S/C16H17NO2S/c1-11-6-7-15(20-11)8-9-16(19)17-14-5-3-4-13(10-14)12(2)18/h3-7,10H,8-9H2,1-2H3,(H,17,19). The Balaban J connectivity index is 1.91. The number of benzene rings is 1. The zero-order valence-corrected chi connectivity index (χ0v) is 12.4. The minimum Gasteiger partial charge on any atom is -0.326 e. The van der Waals surface area contributed by atoms with E-state index in [1.54, 1.807) is 35.6 Å². The first-order chi connectivity index (χ1) is 9.54. The first-order valence-corrected chi connectivity index (χ1v) is 7.32. The van der Waals surface area contributed by atoms with Crippen molar-refractivity contribution in [2.45, 2.75) is 26.7 Å². The predicted octanol–water partition coefficient (Wildman–Crippen LogP) is 3.83. The molecule has 0 aliphatic heterocycles. The second-order valence-electron chi connectivity index (χ2n) is 4.70. The quantitative estimate of drug-likeness (QED) is 0.849. The molecule has 4 heteroatoms. The number of carbonyl (C=O) groups is 2. The molecule has 0 unspecified atom stereocenters. The summed E-state index contributed by atoms with van der Waals surface area (Å²) in [4.78, 5) is 25.6. The second kappa shape index (κ2) is 6.48. The molecule has 0 radical (unpaired) electrons. The molecule has 0 fully saturated rings. The molecule has 1 N–H and O–H groups in total. The SMILES string of the molecule is CC(=O)c1cccc(NC(=O)CCc2ccc(C)s2)c1. The minimum atomic E-state index is -0.0308. The van der Waals surface area contributed by atoms with Crippen LogP contribution in [0.5, 0.6) is 0 Å². The first-order valence-electron chi connectivity index (χ1n) is 6.51. The van der Waals surface area contributed by atoms with Crippen molar-refractivity contribution in [2.24, 2.45) is 0 Å². The van der Waals surface area contributed by atoms with Gasteiger partial charge in [0.25, 0.3) is 0 Å². The minimum absolute atomic E-state index is 0.00448. The van der Waals surface area contributed by atoms with Crippen LogP contribution in [0.2, 0.25) is 0 Å². The van der Waals surface area contributed by atoms with E-state index in [0.717, 1.165) is 6.42 Å². The molecule has 1 heterocycles. The fraction of sp³-hybridized carbons (Fsp3) is 0.250. The molecule has 1 amide bonds. The normalized spacial score (nSPS) is 10.3. The van der Waals surface area contributed by atoms with E-state index >= 15 is 0 Å². The predicted molar refractivity (Wildman–Crippen MR) is 82.5 cm³/mol. The highest BCUT2D eigenvalue weighted by molar-refractivity contribution is 7.11. The van der Waals surface area contributed by atoms with Gasteiger partial charge in [0.05, 0.1) is 0 Å². The highest BCUT2D eigenvalue weighted by Crippen LogP contribution is 2.17. The molecule has 0 aliphatic rings. The average Bonchev–Trinajstić information content (AvgIpc) is 2.82. The lowest BCUT2D eigenvalue weighted by atomic mass is 10.1. The van der Waals surface area contributed by atoms with E-state index in [-0.39, 0.29) is 11.7 Å². The zero-order valence-electron chi connectivity index (χ0n) is 11.6. The molecule has 1 aromatic heterocycles. The van der Waals surface area contributed by atoms with E-state index in [1.165, 1.54) is 16.7 Å². The van der Waals surface area contributed by atoms with Gasteiger partial charge in [-0.25, -0.2) is 0 Å². The van der Waals surface area contributed by atoms with Crippen LogP contribution in [0.4, 0.5) is 5.69 Å². The number of Topliss-reactive ketones (excluding diaryl/α,β-unsaturated/α-hetero) is 1. The Labute approximate surface area is 122 Å². The third-order valence-electron chi connectivity index (χ3n) is 2.95. The highest BCUT2D eigenvalue weighted by Gasteiger charge is 2.06. The van der Waals surface area contributed by atoms with Crippen molar-refractivity contribution >= 4 is 28.7 Å². The number of amides is 1. The van der Waals surface area contributed by atoms with Crippen LogP contribution >= 0.6 is 11.3 Å². The van der Waals surface area contributed by atoms with Gasteiger partial charge in [0.1, 0.15) is 0 Å². The number of aryl methyl sites for hydroxylation is 2. The van der Waals surface area contributed by atoms with Gasteiger partial charge in [-0.1, -0.05) is 12.1 Å². The van der Waals surface area contributed by atoms with E-state index < -0.39 is 0 Å². The van der Waals surface area contributed by atoms with Crippen molar-refractivity contribution < 1.29 is 9.59 Å². The number of ketones is 1. The lowest BCUT2D eigenvalue weighted by molar-refractivity contribution is -0.116. The van der Waals surface area contributed by atoms with Crippen molar-refractivity contribution in [3.8, 4) is 0 Å². The fourth-order valence-corrected chi connectivity index (χ4v) is 2.79. The molecule has 0 spiro atoms. The van der Waals surface area contributed by atoms with Crippen LogP contribution < -0.4 is 5.32 Å². The van der Waals surface area contributed by atoms with Crippen LogP contribution in [0.1, 0.15) is 33.5 Å². The van der Waals surface area contributed by atoms with Crippen LogP contribution in [-0.2, 0) is 11.2 Å². The van der Waals surface area contributed by atoms with Gasteiger partial charge in [0.15, 0.2) is 5.78 Å².